The first kappa shape index (κ1) is 13.8. The van der Waals surface area contributed by atoms with Gasteiger partial charge in [-0.3, -0.25) is 9.67 Å². The van der Waals surface area contributed by atoms with Gasteiger partial charge in [0.2, 0.25) is 0 Å². The highest BCUT2D eigenvalue weighted by Gasteiger charge is 2.26. The first-order valence-corrected chi connectivity index (χ1v) is 8.36. The second-order valence-corrected chi connectivity index (χ2v) is 6.59. The number of pyridine rings is 2. The molecule has 0 atom stereocenters. The van der Waals surface area contributed by atoms with E-state index in [-0.39, 0.29) is 0 Å². The summed E-state index contributed by atoms with van der Waals surface area (Å²) in [5.74, 6) is 0. The Morgan fingerprint density at radius 2 is 2.17 bits per heavy atom. The highest BCUT2D eigenvalue weighted by atomic mass is 35.5. The van der Waals surface area contributed by atoms with Crippen LogP contribution in [-0.2, 0) is 0 Å². The Bertz CT molecular complexity index is 1080. The first-order chi connectivity index (χ1) is 11.7. The summed E-state index contributed by atoms with van der Waals surface area (Å²) < 4.78 is 2.05. The van der Waals surface area contributed by atoms with E-state index in [4.69, 9.17) is 22.4 Å². The molecule has 120 valence electrons. The number of nitrogens with zero attached hydrogens (tertiary/aromatic N) is 4. The van der Waals surface area contributed by atoms with Crippen LogP contribution >= 0.6 is 11.6 Å². The molecule has 1 saturated carbocycles. The molecular weight excluding hydrogens is 324 g/mol. The van der Waals surface area contributed by atoms with E-state index in [1.807, 2.05) is 23.0 Å². The van der Waals surface area contributed by atoms with Crippen LogP contribution in [0.25, 0.3) is 33.3 Å². The Kier molecular flexibility index (Phi) is 2.84. The third-order valence-electron chi connectivity index (χ3n) is 4.81. The molecule has 24 heavy (non-hydrogen) atoms. The van der Waals surface area contributed by atoms with Crippen molar-refractivity contribution in [1.29, 1.82) is 0 Å². The molecular formula is C17H15ClN6. The zero-order valence-electron chi connectivity index (χ0n) is 12.8. The van der Waals surface area contributed by atoms with E-state index in [2.05, 4.69) is 15.0 Å². The molecule has 0 bridgehead atoms. The van der Waals surface area contributed by atoms with Crippen molar-refractivity contribution in [2.45, 2.75) is 25.3 Å². The lowest BCUT2D eigenvalue weighted by Gasteiger charge is -2.26. The highest BCUT2D eigenvalue weighted by Crippen LogP contribution is 2.41. The van der Waals surface area contributed by atoms with Gasteiger partial charge >= 0.3 is 0 Å². The predicted octanol–water partition coefficient (Wildman–Crippen LogP) is 3.94. The summed E-state index contributed by atoms with van der Waals surface area (Å²) in [4.78, 5) is 11.9. The maximum atomic E-state index is 6.60. The molecule has 1 aliphatic rings. The number of nitrogens with two attached hydrogens (primary N) is 1. The fourth-order valence-electron chi connectivity index (χ4n) is 3.35. The number of hydrogen-bond acceptors (Lipinski definition) is 4. The standard InChI is InChI=1S/C17H15ClN6/c18-14-10-5-2-6-21-17(10)22-16(14)15-13-11(19)7-20-8-12(13)24(23-15)9-3-1-4-9/h2,5-9H,1,3-4,19H2,(H,21,22). The van der Waals surface area contributed by atoms with E-state index in [1.165, 1.54) is 6.42 Å². The van der Waals surface area contributed by atoms with E-state index in [0.29, 0.717) is 16.8 Å². The molecule has 1 fully saturated rings. The lowest BCUT2D eigenvalue weighted by atomic mass is 9.93. The van der Waals surface area contributed by atoms with Gasteiger partial charge in [-0.25, -0.2) is 4.98 Å². The summed E-state index contributed by atoms with van der Waals surface area (Å²) in [6, 6.07) is 4.22. The van der Waals surface area contributed by atoms with Gasteiger partial charge in [-0.05, 0) is 31.4 Å². The molecule has 0 radical (unpaired) electrons. The average molecular weight is 339 g/mol. The van der Waals surface area contributed by atoms with Crippen LogP contribution in [0.5, 0.6) is 0 Å². The van der Waals surface area contributed by atoms with Gasteiger partial charge < -0.3 is 10.7 Å². The second kappa shape index (κ2) is 4.95. The van der Waals surface area contributed by atoms with E-state index in [9.17, 15) is 0 Å². The molecule has 1 aliphatic carbocycles. The van der Waals surface area contributed by atoms with E-state index < -0.39 is 0 Å². The molecule has 0 aliphatic heterocycles. The van der Waals surface area contributed by atoms with E-state index >= 15 is 0 Å². The topological polar surface area (TPSA) is 85.4 Å². The molecule has 5 rings (SSSR count). The average Bonchev–Trinajstić information content (AvgIpc) is 3.06. The quantitative estimate of drug-likeness (QED) is 0.579. The second-order valence-electron chi connectivity index (χ2n) is 6.21. The molecule has 6 nitrogen and oxygen atoms in total. The molecule has 4 aromatic rings. The van der Waals surface area contributed by atoms with Crippen LogP contribution in [-0.4, -0.2) is 24.7 Å². The van der Waals surface area contributed by atoms with Gasteiger partial charge in [-0.1, -0.05) is 11.6 Å². The number of halogens is 1. The first-order valence-electron chi connectivity index (χ1n) is 7.98. The van der Waals surface area contributed by atoms with Crippen LogP contribution in [0.4, 0.5) is 5.69 Å². The largest absolute Gasteiger partial charge is 0.397 e. The van der Waals surface area contributed by atoms with Gasteiger partial charge in [0, 0.05) is 11.6 Å². The summed E-state index contributed by atoms with van der Waals surface area (Å²) in [6.45, 7) is 0. The van der Waals surface area contributed by atoms with Crippen LogP contribution in [0.15, 0.2) is 30.7 Å². The monoisotopic (exact) mass is 338 g/mol. The summed E-state index contributed by atoms with van der Waals surface area (Å²) in [6.07, 6.45) is 8.72. The Morgan fingerprint density at radius 3 is 2.92 bits per heavy atom. The Labute approximate surface area is 142 Å². The predicted molar refractivity (Wildman–Crippen MR) is 94.9 cm³/mol. The van der Waals surface area contributed by atoms with Crippen molar-refractivity contribution in [3.05, 3.63) is 35.7 Å². The van der Waals surface area contributed by atoms with Crippen LogP contribution in [0.1, 0.15) is 25.3 Å². The summed E-state index contributed by atoms with van der Waals surface area (Å²) >= 11 is 6.60. The molecule has 0 saturated heterocycles. The molecule has 0 aromatic carbocycles. The number of nitrogens with one attached hydrogen (secondary N) is 1. The zero-order chi connectivity index (χ0) is 16.3. The van der Waals surface area contributed by atoms with Gasteiger partial charge in [-0.15, -0.1) is 0 Å². The van der Waals surface area contributed by atoms with Crippen LogP contribution in [0.3, 0.4) is 0 Å². The smallest absolute Gasteiger partial charge is 0.139 e. The summed E-state index contributed by atoms with van der Waals surface area (Å²) in [5, 5.41) is 7.25. The zero-order valence-corrected chi connectivity index (χ0v) is 13.6. The number of H-pyrrole nitrogens is 1. The SMILES string of the molecule is Nc1cncc2c1c(-c1[nH]c3ncccc3c1Cl)nn2C1CCC1. The molecule has 0 spiro atoms. The van der Waals surface area contributed by atoms with Crippen molar-refractivity contribution in [3.8, 4) is 11.4 Å². The minimum absolute atomic E-state index is 0.408. The molecule has 0 amide bonds. The number of rotatable bonds is 2. The van der Waals surface area contributed by atoms with Crippen molar-refractivity contribution < 1.29 is 0 Å². The summed E-state index contributed by atoms with van der Waals surface area (Å²) in [7, 11) is 0. The molecule has 3 N–H and O–H groups in total. The summed E-state index contributed by atoms with van der Waals surface area (Å²) in [5.41, 5.74) is 10.1. The lowest BCUT2D eigenvalue weighted by Crippen LogP contribution is -2.18. The number of anilines is 1. The van der Waals surface area contributed by atoms with Crippen molar-refractivity contribution in [2.24, 2.45) is 0 Å². The lowest BCUT2D eigenvalue weighted by molar-refractivity contribution is 0.297. The fraction of sp³-hybridized carbons (Fsp3) is 0.235. The third-order valence-corrected chi connectivity index (χ3v) is 5.20. The van der Waals surface area contributed by atoms with Crippen LogP contribution in [0.2, 0.25) is 5.02 Å². The number of hydrogen-bond donors (Lipinski definition) is 2. The number of fused-ring (bicyclic) bond motifs is 2. The highest BCUT2D eigenvalue weighted by molar-refractivity contribution is 6.38. The van der Waals surface area contributed by atoms with Crippen molar-refractivity contribution in [1.82, 2.24) is 24.7 Å². The minimum Gasteiger partial charge on any atom is -0.397 e. The van der Waals surface area contributed by atoms with Gasteiger partial charge in [0.15, 0.2) is 0 Å². The van der Waals surface area contributed by atoms with Gasteiger partial charge in [0.05, 0.1) is 45.7 Å². The molecule has 4 aromatic heterocycles. The normalized spacial score (nSPS) is 15.2. The Hall–Kier alpha value is -2.60. The maximum Gasteiger partial charge on any atom is 0.139 e. The Morgan fingerprint density at radius 1 is 1.29 bits per heavy atom. The maximum absolute atomic E-state index is 6.60. The third kappa shape index (κ3) is 1.80. The minimum atomic E-state index is 0.408. The molecule has 7 heteroatoms. The van der Waals surface area contributed by atoms with Crippen molar-refractivity contribution >= 4 is 39.2 Å². The van der Waals surface area contributed by atoms with Crippen LogP contribution in [0, 0.1) is 0 Å². The van der Waals surface area contributed by atoms with Gasteiger partial charge in [0.25, 0.3) is 0 Å². The van der Waals surface area contributed by atoms with E-state index in [1.54, 1.807) is 12.4 Å². The Balaban J connectivity index is 1.83. The molecule has 4 heterocycles. The number of aromatic nitrogens is 5. The van der Waals surface area contributed by atoms with Crippen molar-refractivity contribution in [3.63, 3.8) is 0 Å². The van der Waals surface area contributed by atoms with Gasteiger partial charge in [0.1, 0.15) is 11.3 Å². The van der Waals surface area contributed by atoms with Crippen molar-refractivity contribution in [2.75, 3.05) is 5.73 Å². The van der Waals surface area contributed by atoms with E-state index in [0.717, 1.165) is 46.2 Å². The molecule has 0 unspecified atom stereocenters. The van der Waals surface area contributed by atoms with Crippen LogP contribution < -0.4 is 5.73 Å². The number of nitrogen functional groups attached to an aromatic ring is 1. The fourth-order valence-corrected chi connectivity index (χ4v) is 3.64. The number of aromatic amines is 1. The van der Waals surface area contributed by atoms with Gasteiger partial charge in [-0.2, -0.15) is 5.10 Å².